The highest BCUT2D eigenvalue weighted by molar-refractivity contribution is 6.30. The van der Waals surface area contributed by atoms with E-state index in [9.17, 15) is 4.39 Å². The van der Waals surface area contributed by atoms with E-state index in [1.165, 1.54) is 6.07 Å². The molecule has 1 atom stereocenters. The number of pyridine rings is 1. The predicted molar refractivity (Wildman–Crippen MR) is 75.9 cm³/mol. The van der Waals surface area contributed by atoms with Gasteiger partial charge in [-0.1, -0.05) is 24.6 Å². The molecule has 2 aromatic rings. The third kappa shape index (κ3) is 3.31. The van der Waals surface area contributed by atoms with E-state index < -0.39 is 0 Å². The first kappa shape index (κ1) is 14.0. The summed E-state index contributed by atoms with van der Waals surface area (Å²) in [4.78, 5) is 4.26. The van der Waals surface area contributed by atoms with Gasteiger partial charge in [0.05, 0.1) is 6.04 Å². The molecule has 0 spiro atoms. The minimum atomic E-state index is -0.268. The van der Waals surface area contributed by atoms with E-state index >= 15 is 0 Å². The summed E-state index contributed by atoms with van der Waals surface area (Å²) in [6.07, 6.45) is 1.77. The molecule has 0 bridgehead atoms. The molecule has 4 heteroatoms. The van der Waals surface area contributed by atoms with Gasteiger partial charge >= 0.3 is 0 Å². The number of nitrogens with zero attached hydrogens (tertiary/aromatic N) is 1. The highest BCUT2D eigenvalue weighted by atomic mass is 35.5. The summed E-state index contributed by atoms with van der Waals surface area (Å²) in [7, 11) is 0. The summed E-state index contributed by atoms with van der Waals surface area (Å²) in [5.74, 6) is -0.268. The molecule has 2 nitrogen and oxygen atoms in total. The van der Waals surface area contributed by atoms with Crippen LogP contribution in [0.15, 0.2) is 36.5 Å². The van der Waals surface area contributed by atoms with Gasteiger partial charge in [-0.25, -0.2) is 4.39 Å². The van der Waals surface area contributed by atoms with Crippen LogP contribution < -0.4 is 5.32 Å². The van der Waals surface area contributed by atoms with Crippen LogP contribution in [0, 0.1) is 12.7 Å². The van der Waals surface area contributed by atoms with Crippen LogP contribution in [0.25, 0.3) is 0 Å². The van der Waals surface area contributed by atoms with E-state index in [-0.39, 0.29) is 11.9 Å². The molecular weight excluding hydrogens is 263 g/mol. The van der Waals surface area contributed by atoms with Crippen molar-refractivity contribution in [1.29, 1.82) is 0 Å². The van der Waals surface area contributed by atoms with Crippen LogP contribution in [0.2, 0.25) is 5.02 Å². The molecule has 2 rings (SSSR count). The number of aromatic nitrogens is 1. The number of hydrogen-bond donors (Lipinski definition) is 1. The zero-order chi connectivity index (χ0) is 13.8. The van der Waals surface area contributed by atoms with Gasteiger partial charge in [-0.15, -0.1) is 0 Å². The summed E-state index contributed by atoms with van der Waals surface area (Å²) in [5, 5.41) is 3.79. The van der Waals surface area contributed by atoms with Gasteiger partial charge in [-0.05, 0) is 43.3 Å². The van der Waals surface area contributed by atoms with Gasteiger partial charge in [0.2, 0.25) is 0 Å². The molecule has 0 fully saturated rings. The third-order valence-electron chi connectivity index (χ3n) is 2.94. The Morgan fingerprint density at radius 1 is 1.32 bits per heavy atom. The van der Waals surface area contributed by atoms with Gasteiger partial charge < -0.3 is 5.32 Å². The Labute approximate surface area is 117 Å². The number of aryl methyl sites for hydroxylation is 1. The molecule has 0 saturated carbocycles. The number of halogens is 2. The van der Waals surface area contributed by atoms with E-state index in [1.54, 1.807) is 18.3 Å². The number of benzene rings is 1. The lowest BCUT2D eigenvalue weighted by Crippen LogP contribution is -2.23. The van der Waals surface area contributed by atoms with Gasteiger partial charge in [0.25, 0.3) is 0 Å². The SMILES string of the molecule is CCNC(c1ccc(C)nc1)c1cc(Cl)ccc1F. The molecule has 0 radical (unpaired) electrons. The Bertz CT molecular complexity index is 555. The fourth-order valence-electron chi connectivity index (χ4n) is 2.00. The largest absolute Gasteiger partial charge is 0.306 e. The predicted octanol–water partition coefficient (Wildman–Crippen LogP) is 3.88. The van der Waals surface area contributed by atoms with Crippen molar-refractivity contribution in [3.63, 3.8) is 0 Å². The first-order chi connectivity index (χ1) is 9.11. The molecule has 1 heterocycles. The van der Waals surface area contributed by atoms with Crippen molar-refractivity contribution >= 4 is 11.6 Å². The maximum atomic E-state index is 14.0. The molecule has 100 valence electrons. The van der Waals surface area contributed by atoms with Crippen LogP contribution in [-0.4, -0.2) is 11.5 Å². The molecule has 1 aromatic heterocycles. The summed E-state index contributed by atoms with van der Waals surface area (Å²) in [6, 6.07) is 8.24. The molecule has 0 aliphatic carbocycles. The van der Waals surface area contributed by atoms with E-state index in [4.69, 9.17) is 11.6 Å². The Hall–Kier alpha value is -1.45. The van der Waals surface area contributed by atoms with Crippen molar-refractivity contribution in [2.24, 2.45) is 0 Å². The van der Waals surface area contributed by atoms with Crippen LogP contribution in [0.1, 0.15) is 29.8 Å². The van der Waals surface area contributed by atoms with Crippen LogP contribution in [0.5, 0.6) is 0 Å². The average Bonchev–Trinajstić information content (AvgIpc) is 2.40. The average molecular weight is 279 g/mol. The molecule has 0 amide bonds. The Kier molecular flexibility index (Phi) is 4.51. The smallest absolute Gasteiger partial charge is 0.128 e. The fourth-order valence-corrected chi connectivity index (χ4v) is 2.18. The summed E-state index contributed by atoms with van der Waals surface area (Å²) in [6.45, 7) is 4.63. The second-order valence-corrected chi connectivity index (χ2v) is 4.83. The minimum absolute atomic E-state index is 0.239. The van der Waals surface area contributed by atoms with Crippen molar-refractivity contribution < 1.29 is 4.39 Å². The van der Waals surface area contributed by atoms with Crippen molar-refractivity contribution in [3.05, 3.63) is 64.2 Å². The highest BCUT2D eigenvalue weighted by Gasteiger charge is 2.17. The van der Waals surface area contributed by atoms with Gasteiger partial charge in [0.15, 0.2) is 0 Å². The third-order valence-corrected chi connectivity index (χ3v) is 3.18. The Balaban J connectivity index is 2.44. The van der Waals surface area contributed by atoms with E-state index in [1.807, 2.05) is 26.0 Å². The second kappa shape index (κ2) is 6.13. The van der Waals surface area contributed by atoms with E-state index in [2.05, 4.69) is 10.3 Å². The lowest BCUT2D eigenvalue weighted by Gasteiger charge is -2.19. The first-order valence-corrected chi connectivity index (χ1v) is 6.60. The van der Waals surface area contributed by atoms with Gasteiger partial charge in [0.1, 0.15) is 5.82 Å². The standard InChI is InChI=1S/C15H16ClFN2/c1-3-18-15(11-5-4-10(2)19-9-11)13-8-12(16)6-7-14(13)17/h4-9,15,18H,3H2,1-2H3. The van der Waals surface area contributed by atoms with Gasteiger partial charge in [-0.3, -0.25) is 4.98 Å². The van der Waals surface area contributed by atoms with Crippen molar-refractivity contribution in [2.75, 3.05) is 6.54 Å². The molecule has 1 unspecified atom stereocenters. The molecular formula is C15H16ClFN2. The molecule has 1 aromatic carbocycles. The molecule has 19 heavy (non-hydrogen) atoms. The molecule has 0 aliphatic rings. The summed E-state index contributed by atoms with van der Waals surface area (Å²) in [5.41, 5.74) is 2.40. The lowest BCUT2D eigenvalue weighted by molar-refractivity contribution is 0.558. The van der Waals surface area contributed by atoms with E-state index in [0.717, 1.165) is 17.8 Å². The first-order valence-electron chi connectivity index (χ1n) is 6.22. The quantitative estimate of drug-likeness (QED) is 0.918. The summed E-state index contributed by atoms with van der Waals surface area (Å²) < 4.78 is 14.0. The van der Waals surface area contributed by atoms with Crippen LogP contribution in [0.4, 0.5) is 4.39 Å². The number of rotatable bonds is 4. The number of hydrogen-bond acceptors (Lipinski definition) is 2. The van der Waals surface area contributed by atoms with Crippen LogP contribution in [-0.2, 0) is 0 Å². The monoisotopic (exact) mass is 278 g/mol. The van der Waals surface area contributed by atoms with Crippen LogP contribution in [0.3, 0.4) is 0 Å². The molecule has 0 aliphatic heterocycles. The lowest BCUT2D eigenvalue weighted by atomic mass is 9.99. The minimum Gasteiger partial charge on any atom is -0.306 e. The van der Waals surface area contributed by atoms with Crippen molar-refractivity contribution in [1.82, 2.24) is 10.3 Å². The maximum Gasteiger partial charge on any atom is 0.128 e. The topological polar surface area (TPSA) is 24.9 Å². The molecule has 1 N–H and O–H groups in total. The fraction of sp³-hybridized carbons (Fsp3) is 0.267. The summed E-state index contributed by atoms with van der Waals surface area (Å²) >= 11 is 5.96. The highest BCUT2D eigenvalue weighted by Crippen LogP contribution is 2.26. The normalized spacial score (nSPS) is 12.4. The van der Waals surface area contributed by atoms with Crippen molar-refractivity contribution in [2.45, 2.75) is 19.9 Å². The number of nitrogens with one attached hydrogen (secondary N) is 1. The zero-order valence-corrected chi connectivity index (χ0v) is 11.7. The Morgan fingerprint density at radius 2 is 2.11 bits per heavy atom. The van der Waals surface area contributed by atoms with Gasteiger partial charge in [0, 0.05) is 22.5 Å². The molecule has 0 saturated heterocycles. The second-order valence-electron chi connectivity index (χ2n) is 4.39. The Morgan fingerprint density at radius 3 is 2.74 bits per heavy atom. The van der Waals surface area contributed by atoms with Gasteiger partial charge in [-0.2, -0.15) is 0 Å². The van der Waals surface area contributed by atoms with Crippen LogP contribution >= 0.6 is 11.6 Å². The maximum absolute atomic E-state index is 14.0. The van der Waals surface area contributed by atoms with E-state index in [0.29, 0.717) is 10.6 Å². The zero-order valence-electron chi connectivity index (χ0n) is 11.0. The van der Waals surface area contributed by atoms with Crippen molar-refractivity contribution in [3.8, 4) is 0 Å².